The molecule has 0 aromatic heterocycles. The summed E-state index contributed by atoms with van der Waals surface area (Å²) in [6.07, 6.45) is 2.71. The molecular weight excluding hydrogens is 767 g/mol. The molecule has 0 heterocycles. The second kappa shape index (κ2) is 17.0. The molecule has 4 rings (SSSR count). The summed E-state index contributed by atoms with van der Waals surface area (Å²) in [4.78, 5) is 21.3. The van der Waals surface area contributed by atoms with Crippen molar-refractivity contribution in [1.29, 1.82) is 0 Å². The lowest BCUT2D eigenvalue weighted by Gasteiger charge is -2.53. The Morgan fingerprint density at radius 2 is 0.492 bits per heavy atom. The molecule has 0 spiro atoms. The molecule has 338 valence electrons. The van der Waals surface area contributed by atoms with E-state index in [0.717, 1.165) is 0 Å². The van der Waals surface area contributed by atoms with Gasteiger partial charge < -0.3 is 44.1 Å². The van der Waals surface area contributed by atoms with Crippen molar-refractivity contribution in [2.45, 2.75) is 74.3 Å². The Hall–Kier alpha value is -4.44. The van der Waals surface area contributed by atoms with Crippen molar-refractivity contribution in [1.82, 2.24) is 0 Å². The monoisotopic (exact) mass is 852 g/mol. The van der Waals surface area contributed by atoms with E-state index in [1.807, 2.05) is 0 Å². The maximum absolute atomic E-state index is 3.52. The highest BCUT2D eigenvalue weighted by molar-refractivity contribution is 7.15. The predicted octanol–water partition coefficient (Wildman–Crippen LogP) is 7.66. The van der Waals surface area contributed by atoms with Gasteiger partial charge >= 0.3 is 0 Å². The fraction of sp³-hybridized carbons (Fsp3) is 0.569. The van der Waals surface area contributed by atoms with Crippen LogP contribution >= 0.6 is 0 Å². The van der Waals surface area contributed by atoms with Crippen LogP contribution in [-0.4, -0.2) is 135 Å². The van der Waals surface area contributed by atoms with Gasteiger partial charge in [0.1, 0.15) is 0 Å². The van der Waals surface area contributed by atoms with Crippen LogP contribution in [-0.2, 0) is 0 Å². The lowest BCUT2D eigenvalue weighted by Crippen LogP contribution is -2.76. The van der Waals surface area contributed by atoms with Gasteiger partial charge in [0.15, 0.2) is 8.07 Å². The highest BCUT2D eigenvalue weighted by Crippen LogP contribution is 2.58. The zero-order valence-corrected chi connectivity index (χ0v) is 45.1. The number of hydrogen-bond acceptors (Lipinski definition) is 9. The minimum atomic E-state index is -3.52. The molecular formula is C51H85N9Si. The SMILES string of the molecule is CC1=CC(C)([Si](c2c(C)c(N(C)C)c(N(C)C)c(N(C)C)c2C)(c2c(C)c(N(C)C)c(N(C)C)c(N(C)C)c2C)c2c(C)c(N(C)C)c(N(C)C)c(N(C)C)c2C)C(C)=C1C. The molecule has 0 radical (unpaired) electrons. The first-order valence-corrected chi connectivity index (χ1v) is 23.9. The lowest BCUT2D eigenvalue weighted by atomic mass is 10.0. The highest BCUT2D eigenvalue weighted by Gasteiger charge is 2.61. The van der Waals surface area contributed by atoms with Crippen molar-refractivity contribution in [2.75, 3.05) is 171 Å². The number of hydrogen-bond donors (Lipinski definition) is 0. The molecule has 1 unspecified atom stereocenters. The van der Waals surface area contributed by atoms with Crippen LogP contribution in [0.4, 0.5) is 51.2 Å². The minimum Gasteiger partial charge on any atom is -0.376 e. The molecule has 1 aliphatic rings. The van der Waals surface area contributed by atoms with Gasteiger partial charge in [0.25, 0.3) is 0 Å². The van der Waals surface area contributed by atoms with E-state index in [9.17, 15) is 0 Å². The summed E-state index contributed by atoms with van der Waals surface area (Å²) in [5.41, 5.74) is 23.8. The van der Waals surface area contributed by atoms with Crippen LogP contribution in [0.1, 0.15) is 61.1 Å². The molecule has 0 saturated heterocycles. The smallest absolute Gasteiger partial charge is 0.164 e. The molecule has 0 amide bonds. The Labute approximate surface area is 374 Å². The van der Waals surface area contributed by atoms with Gasteiger partial charge in [-0.05, 0) is 117 Å². The number of anilines is 9. The van der Waals surface area contributed by atoms with Gasteiger partial charge in [0.2, 0.25) is 0 Å². The van der Waals surface area contributed by atoms with Gasteiger partial charge in [-0.1, -0.05) is 24.1 Å². The van der Waals surface area contributed by atoms with Crippen molar-refractivity contribution in [3.8, 4) is 0 Å². The summed E-state index contributed by atoms with van der Waals surface area (Å²) in [6, 6.07) is 0. The zero-order valence-electron chi connectivity index (χ0n) is 44.1. The summed E-state index contributed by atoms with van der Waals surface area (Å²) >= 11 is 0. The Morgan fingerprint density at radius 3 is 0.623 bits per heavy atom. The molecule has 3 aromatic carbocycles. The first-order valence-electron chi connectivity index (χ1n) is 21.9. The third-order valence-corrected chi connectivity index (χ3v) is 20.7. The normalized spacial score (nSPS) is 15.3. The maximum atomic E-state index is 2.71. The van der Waals surface area contributed by atoms with Crippen LogP contribution < -0.4 is 59.7 Å². The highest BCUT2D eigenvalue weighted by atomic mass is 28.3. The average molecular weight is 852 g/mol. The van der Waals surface area contributed by atoms with Gasteiger partial charge in [-0.15, -0.1) is 0 Å². The number of nitrogens with zero attached hydrogens (tertiary/aromatic N) is 9. The fourth-order valence-electron chi connectivity index (χ4n) is 12.1. The van der Waals surface area contributed by atoms with Gasteiger partial charge in [-0.3, -0.25) is 0 Å². The van der Waals surface area contributed by atoms with Crippen molar-refractivity contribution in [2.24, 2.45) is 0 Å². The lowest BCUT2D eigenvalue weighted by molar-refractivity contribution is 0.866. The van der Waals surface area contributed by atoms with Crippen LogP contribution in [0.25, 0.3) is 0 Å². The molecule has 0 bridgehead atoms. The molecule has 9 nitrogen and oxygen atoms in total. The standard InChI is InChI=1S/C51H85N9Si/c1-30-29-51(10,38(9)31(30)2)61(48-32(3)39(52(11)12)45(58(23)24)40(33(48)4)53(13)14,49-34(5)41(54(15)16)46(59(25)26)42(35(49)6)55(17)18)50-36(7)43(56(19)20)47(60(27)28)44(37(50)8)57(21)22/h29H,1-28H3. The second-order valence-electron chi connectivity index (χ2n) is 20.1. The van der Waals surface area contributed by atoms with Crippen LogP contribution in [0.5, 0.6) is 0 Å². The van der Waals surface area contributed by atoms with Gasteiger partial charge in [-0.25, -0.2) is 0 Å². The van der Waals surface area contributed by atoms with Crippen molar-refractivity contribution in [3.05, 3.63) is 56.2 Å². The van der Waals surface area contributed by atoms with Crippen molar-refractivity contribution >= 4 is 74.8 Å². The molecule has 3 aromatic rings. The Bertz CT molecular complexity index is 1950. The first-order chi connectivity index (χ1) is 27.9. The third-order valence-electron chi connectivity index (χ3n) is 14.1. The molecule has 1 aliphatic carbocycles. The number of allylic oxidation sites excluding steroid dienone is 4. The summed E-state index contributed by atoms with van der Waals surface area (Å²) in [6.45, 7) is 24.5. The molecule has 10 heteroatoms. The molecule has 0 fully saturated rings. The van der Waals surface area contributed by atoms with Crippen molar-refractivity contribution in [3.63, 3.8) is 0 Å². The first kappa shape index (κ1) is 49.2. The van der Waals surface area contributed by atoms with E-state index in [2.05, 4.69) is 246 Å². The van der Waals surface area contributed by atoms with E-state index in [1.165, 1.54) is 117 Å². The molecule has 0 saturated carbocycles. The maximum Gasteiger partial charge on any atom is 0.164 e. The second-order valence-corrected chi connectivity index (χ2v) is 24.1. The summed E-state index contributed by atoms with van der Waals surface area (Å²) in [5, 5.41) is 4.11. The van der Waals surface area contributed by atoms with Gasteiger partial charge in [-0.2, -0.15) is 0 Å². The quantitative estimate of drug-likeness (QED) is 0.127. The average Bonchev–Trinajstić information content (AvgIpc) is 3.31. The van der Waals surface area contributed by atoms with E-state index >= 15 is 0 Å². The van der Waals surface area contributed by atoms with E-state index in [1.54, 1.807) is 0 Å². The molecule has 1 atom stereocenters. The predicted molar refractivity (Wildman–Crippen MR) is 282 cm³/mol. The number of rotatable bonds is 13. The van der Waals surface area contributed by atoms with Gasteiger partial charge in [0, 0.05) is 132 Å². The zero-order chi connectivity index (χ0) is 47.0. The van der Waals surface area contributed by atoms with Crippen LogP contribution in [0.15, 0.2) is 22.8 Å². The summed E-state index contributed by atoms with van der Waals surface area (Å²) in [7, 11) is 36.6. The van der Waals surface area contributed by atoms with E-state index in [4.69, 9.17) is 0 Å². The summed E-state index contributed by atoms with van der Waals surface area (Å²) < 4.78 is 0. The van der Waals surface area contributed by atoms with Gasteiger partial charge in [0.05, 0.1) is 51.2 Å². The third kappa shape index (κ3) is 7.12. The molecule has 0 aliphatic heterocycles. The number of benzene rings is 3. The Morgan fingerprint density at radius 1 is 0.311 bits per heavy atom. The fourth-order valence-corrected chi connectivity index (χ4v) is 19.7. The largest absolute Gasteiger partial charge is 0.376 e. The van der Waals surface area contributed by atoms with E-state index in [0.29, 0.717) is 0 Å². The minimum absolute atomic E-state index is 0.395. The Kier molecular flexibility index (Phi) is 13.7. The Balaban J connectivity index is 2.87. The van der Waals surface area contributed by atoms with E-state index in [-0.39, 0.29) is 0 Å². The van der Waals surface area contributed by atoms with Crippen molar-refractivity contribution < 1.29 is 0 Å². The molecule has 0 N–H and O–H groups in total. The topological polar surface area (TPSA) is 29.2 Å². The summed E-state index contributed by atoms with van der Waals surface area (Å²) in [5.74, 6) is 0. The molecule has 61 heavy (non-hydrogen) atoms. The van der Waals surface area contributed by atoms with Crippen LogP contribution in [0.3, 0.4) is 0 Å². The van der Waals surface area contributed by atoms with E-state index < -0.39 is 13.1 Å². The van der Waals surface area contributed by atoms with Crippen LogP contribution in [0.2, 0.25) is 5.04 Å². The van der Waals surface area contributed by atoms with Crippen LogP contribution in [0, 0.1) is 41.5 Å².